The van der Waals surface area contributed by atoms with Gasteiger partial charge in [0.25, 0.3) is 0 Å². The Morgan fingerprint density at radius 3 is 2.44 bits per heavy atom. The summed E-state index contributed by atoms with van der Waals surface area (Å²) in [6, 6.07) is 0. The summed E-state index contributed by atoms with van der Waals surface area (Å²) in [5, 5.41) is 0. The molecule has 0 aliphatic heterocycles. The lowest BCUT2D eigenvalue weighted by molar-refractivity contribution is 1.18. The van der Waals surface area contributed by atoms with Crippen molar-refractivity contribution in [2.75, 3.05) is 5.73 Å². The van der Waals surface area contributed by atoms with Gasteiger partial charge >= 0.3 is 0 Å². The van der Waals surface area contributed by atoms with Crippen molar-refractivity contribution in [3.05, 3.63) is 17.0 Å². The first-order valence-electron chi connectivity index (χ1n) is 2.02. The Labute approximate surface area is 67.2 Å². The second-order valence-corrected chi connectivity index (χ2v) is 2.08. The number of nitrogen functional groups attached to an aromatic ring is 1. The van der Waals surface area contributed by atoms with Crippen LogP contribution < -0.4 is 5.73 Å². The molecular weight excluding hydrogens is 205 g/mol. The maximum absolute atomic E-state index is 5.26. The molecule has 1 rings (SSSR count). The van der Waals surface area contributed by atoms with Gasteiger partial charge in [-0.15, -0.1) is 12.4 Å². The topological polar surface area (TPSA) is 51.8 Å². The molecule has 2 N–H and O–H groups in total. The van der Waals surface area contributed by atoms with E-state index < -0.39 is 0 Å². The quantitative estimate of drug-likeness (QED) is 0.701. The van der Waals surface area contributed by atoms with Crippen LogP contribution >= 0.6 is 28.3 Å². The molecule has 1 heterocycles. The van der Waals surface area contributed by atoms with E-state index in [4.69, 9.17) is 5.73 Å². The third-order valence-corrected chi connectivity index (χ3v) is 1.01. The van der Waals surface area contributed by atoms with Crippen molar-refractivity contribution in [2.45, 2.75) is 0 Å². The third kappa shape index (κ3) is 2.62. The summed E-state index contributed by atoms with van der Waals surface area (Å²) >= 11 is 3.11. The SMILES string of the molecule is Cl.Nc1cncc(Br)n1. The van der Waals surface area contributed by atoms with Gasteiger partial charge in [0, 0.05) is 0 Å². The van der Waals surface area contributed by atoms with Gasteiger partial charge < -0.3 is 5.73 Å². The van der Waals surface area contributed by atoms with Gasteiger partial charge in [-0.25, -0.2) is 4.98 Å². The molecule has 0 bridgehead atoms. The van der Waals surface area contributed by atoms with Gasteiger partial charge in [0.05, 0.1) is 12.4 Å². The predicted octanol–water partition coefficient (Wildman–Crippen LogP) is 1.24. The van der Waals surface area contributed by atoms with E-state index in [9.17, 15) is 0 Å². The van der Waals surface area contributed by atoms with E-state index >= 15 is 0 Å². The van der Waals surface area contributed by atoms with E-state index in [1.54, 1.807) is 6.20 Å². The van der Waals surface area contributed by atoms with Crippen LogP contribution in [-0.2, 0) is 0 Å². The minimum Gasteiger partial charge on any atom is -0.382 e. The van der Waals surface area contributed by atoms with Crippen molar-refractivity contribution in [3.63, 3.8) is 0 Å². The fourth-order valence-electron chi connectivity index (χ4n) is 0.356. The van der Waals surface area contributed by atoms with Crippen LogP contribution in [0, 0.1) is 0 Å². The normalized spacial score (nSPS) is 8.11. The maximum atomic E-state index is 5.26. The highest BCUT2D eigenvalue weighted by atomic mass is 79.9. The predicted molar refractivity (Wildman–Crippen MR) is 41.4 cm³/mol. The Hall–Kier alpha value is -0.350. The lowest BCUT2D eigenvalue weighted by atomic mass is 10.7. The zero-order valence-corrected chi connectivity index (χ0v) is 6.82. The van der Waals surface area contributed by atoms with Crippen molar-refractivity contribution in [2.24, 2.45) is 0 Å². The summed E-state index contributed by atoms with van der Waals surface area (Å²) < 4.78 is 0.664. The van der Waals surface area contributed by atoms with E-state index in [2.05, 4.69) is 25.9 Å². The first-order chi connectivity index (χ1) is 3.79. The second-order valence-electron chi connectivity index (χ2n) is 1.27. The van der Waals surface area contributed by atoms with Gasteiger partial charge in [-0.3, -0.25) is 4.98 Å². The van der Waals surface area contributed by atoms with Gasteiger partial charge in [-0.1, -0.05) is 0 Å². The Kier molecular flexibility index (Phi) is 3.49. The largest absolute Gasteiger partial charge is 0.382 e. The number of nitrogens with two attached hydrogens (primary N) is 1. The Morgan fingerprint density at radius 2 is 2.11 bits per heavy atom. The lowest BCUT2D eigenvalue weighted by Gasteiger charge is -1.87. The van der Waals surface area contributed by atoms with Crippen LogP contribution in [0.1, 0.15) is 0 Å². The molecule has 5 heteroatoms. The monoisotopic (exact) mass is 209 g/mol. The van der Waals surface area contributed by atoms with Gasteiger partial charge in [0.1, 0.15) is 10.4 Å². The highest BCUT2D eigenvalue weighted by Gasteiger charge is 1.85. The molecule has 1 aromatic heterocycles. The van der Waals surface area contributed by atoms with Gasteiger partial charge in [0.2, 0.25) is 0 Å². The Bertz CT molecular complexity index is 176. The molecule has 0 unspecified atom stereocenters. The van der Waals surface area contributed by atoms with Crippen molar-refractivity contribution >= 4 is 34.2 Å². The molecule has 50 valence electrons. The third-order valence-electron chi connectivity index (χ3n) is 0.624. The zero-order valence-electron chi connectivity index (χ0n) is 4.41. The van der Waals surface area contributed by atoms with E-state index in [-0.39, 0.29) is 12.4 Å². The van der Waals surface area contributed by atoms with Gasteiger partial charge in [-0.05, 0) is 15.9 Å². The molecule has 0 amide bonds. The van der Waals surface area contributed by atoms with Crippen LogP contribution in [0.4, 0.5) is 5.82 Å². The standard InChI is InChI=1S/C4H4BrN3.ClH/c5-3-1-7-2-4(6)8-3;/h1-2H,(H2,6,8);1H. The molecule has 0 fully saturated rings. The van der Waals surface area contributed by atoms with E-state index in [0.29, 0.717) is 10.4 Å². The number of aromatic nitrogens is 2. The van der Waals surface area contributed by atoms with Crippen LogP contribution in [0.5, 0.6) is 0 Å². The van der Waals surface area contributed by atoms with Gasteiger partial charge in [-0.2, -0.15) is 0 Å². The second kappa shape index (κ2) is 3.63. The summed E-state index contributed by atoms with van der Waals surface area (Å²) in [6.07, 6.45) is 3.07. The van der Waals surface area contributed by atoms with Crippen LogP contribution in [0.15, 0.2) is 17.0 Å². The van der Waals surface area contributed by atoms with E-state index in [1.165, 1.54) is 6.20 Å². The summed E-state index contributed by atoms with van der Waals surface area (Å²) in [6.45, 7) is 0. The molecule has 3 nitrogen and oxygen atoms in total. The van der Waals surface area contributed by atoms with E-state index in [0.717, 1.165) is 0 Å². The Morgan fingerprint density at radius 1 is 1.44 bits per heavy atom. The number of nitrogens with zero attached hydrogens (tertiary/aromatic N) is 2. The lowest BCUT2D eigenvalue weighted by Crippen LogP contribution is -1.89. The first-order valence-corrected chi connectivity index (χ1v) is 2.81. The molecule has 0 radical (unpaired) electrons. The number of anilines is 1. The molecule has 9 heavy (non-hydrogen) atoms. The number of hydrogen-bond acceptors (Lipinski definition) is 3. The first kappa shape index (κ1) is 8.65. The van der Waals surface area contributed by atoms with E-state index in [1.807, 2.05) is 0 Å². The molecule has 0 aliphatic carbocycles. The molecule has 0 atom stereocenters. The van der Waals surface area contributed by atoms with Crippen LogP contribution in [0.2, 0.25) is 0 Å². The smallest absolute Gasteiger partial charge is 0.143 e. The highest BCUT2D eigenvalue weighted by Crippen LogP contribution is 2.03. The zero-order chi connectivity index (χ0) is 5.98. The molecule has 0 saturated heterocycles. The molecular formula is C4H5BrClN3. The molecule has 1 aromatic rings. The molecule has 0 saturated carbocycles. The fourth-order valence-corrected chi connectivity index (χ4v) is 0.679. The molecule has 0 aliphatic rings. The van der Waals surface area contributed by atoms with Gasteiger partial charge in [0.15, 0.2) is 0 Å². The average Bonchev–Trinajstić information content (AvgIpc) is 1.64. The molecule has 0 spiro atoms. The summed E-state index contributed by atoms with van der Waals surface area (Å²) in [7, 11) is 0. The van der Waals surface area contributed by atoms with Crippen LogP contribution in [0.3, 0.4) is 0 Å². The molecule has 0 aromatic carbocycles. The summed E-state index contributed by atoms with van der Waals surface area (Å²) in [5.41, 5.74) is 5.26. The van der Waals surface area contributed by atoms with Crippen molar-refractivity contribution in [1.82, 2.24) is 9.97 Å². The van der Waals surface area contributed by atoms with Crippen molar-refractivity contribution < 1.29 is 0 Å². The highest BCUT2D eigenvalue weighted by molar-refractivity contribution is 9.10. The minimum atomic E-state index is 0. The van der Waals surface area contributed by atoms with Crippen LogP contribution in [-0.4, -0.2) is 9.97 Å². The van der Waals surface area contributed by atoms with Crippen LogP contribution in [0.25, 0.3) is 0 Å². The summed E-state index contributed by atoms with van der Waals surface area (Å²) in [4.78, 5) is 7.55. The number of hydrogen-bond donors (Lipinski definition) is 1. The minimum absolute atomic E-state index is 0. The maximum Gasteiger partial charge on any atom is 0.143 e. The Balaban J connectivity index is 0.000000640. The van der Waals surface area contributed by atoms with Crippen molar-refractivity contribution in [3.8, 4) is 0 Å². The number of halogens is 2. The van der Waals surface area contributed by atoms with Crippen molar-refractivity contribution in [1.29, 1.82) is 0 Å². The number of rotatable bonds is 0. The summed E-state index contributed by atoms with van der Waals surface area (Å²) in [5.74, 6) is 0.430. The average molecular weight is 210 g/mol. The fraction of sp³-hybridized carbons (Fsp3) is 0.